The minimum absolute atomic E-state index is 0.0730. The number of ether oxygens (including phenoxy) is 1. The molecule has 2 amide bonds. The number of amides is 2. The van der Waals surface area contributed by atoms with Crippen LogP contribution in [-0.2, 0) is 23.6 Å². The molecule has 0 unspecified atom stereocenters. The molecule has 0 saturated carbocycles. The van der Waals surface area contributed by atoms with Gasteiger partial charge < -0.3 is 29.4 Å². The van der Waals surface area contributed by atoms with Crippen molar-refractivity contribution in [1.82, 2.24) is 10.2 Å². The lowest BCUT2D eigenvalue weighted by Crippen LogP contribution is -2.59. The van der Waals surface area contributed by atoms with Gasteiger partial charge in [0.2, 0.25) is 5.91 Å². The fourth-order valence-electron chi connectivity index (χ4n) is 4.29. The van der Waals surface area contributed by atoms with Crippen LogP contribution < -0.4 is 5.32 Å². The van der Waals surface area contributed by atoms with Crippen LogP contribution in [0.25, 0.3) is 10.4 Å². The Bertz CT molecular complexity index is 864. The van der Waals surface area contributed by atoms with Gasteiger partial charge >= 0.3 is 19.2 Å². The van der Waals surface area contributed by atoms with Crippen molar-refractivity contribution in [2.45, 2.75) is 103 Å². The van der Waals surface area contributed by atoms with Crippen molar-refractivity contribution in [1.29, 1.82) is 0 Å². The predicted molar refractivity (Wildman–Crippen MR) is 129 cm³/mol. The van der Waals surface area contributed by atoms with Crippen molar-refractivity contribution in [3.05, 3.63) is 10.4 Å². The zero-order valence-electron chi connectivity index (χ0n) is 22.0. The first-order chi connectivity index (χ1) is 15.9. The molecular formula is C22H38BN5O7. The summed E-state index contributed by atoms with van der Waals surface area (Å²) in [4.78, 5) is 41.6. The summed E-state index contributed by atoms with van der Waals surface area (Å²) in [5.74, 6) is -2.09. The number of nitrogens with zero attached hydrogens (tertiary/aromatic N) is 4. The molecule has 0 bridgehead atoms. The van der Waals surface area contributed by atoms with Crippen molar-refractivity contribution in [2.24, 2.45) is 11.0 Å². The largest absolute Gasteiger partial charge is 0.481 e. The van der Waals surface area contributed by atoms with Gasteiger partial charge in [0, 0.05) is 18.0 Å². The van der Waals surface area contributed by atoms with Crippen LogP contribution in [0, 0.1) is 5.92 Å². The first-order valence-corrected chi connectivity index (χ1v) is 11.8. The van der Waals surface area contributed by atoms with E-state index < -0.39 is 53.5 Å². The van der Waals surface area contributed by atoms with Gasteiger partial charge in [0.25, 0.3) is 0 Å². The molecule has 196 valence electrons. The highest BCUT2D eigenvalue weighted by molar-refractivity contribution is 6.45. The van der Waals surface area contributed by atoms with Crippen molar-refractivity contribution < 1.29 is 33.5 Å². The molecule has 2 aliphatic rings. The van der Waals surface area contributed by atoms with Gasteiger partial charge in [0.1, 0.15) is 11.6 Å². The lowest BCUT2D eigenvalue weighted by molar-refractivity contribution is -0.149. The average molecular weight is 495 g/mol. The highest BCUT2D eigenvalue weighted by atomic mass is 16.7. The van der Waals surface area contributed by atoms with E-state index in [1.165, 1.54) is 11.8 Å². The summed E-state index contributed by atoms with van der Waals surface area (Å²) in [6, 6.07) is -0.968. The molecular weight excluding hydrogens is 457 g/mol. The van der Waals surface area contributed by atoms with Crippen LogP contribution in [0.4, 0.5) is 4.79 Å². The first-order valence-electron chi connectivity index (χ1n) is 11.8. The standard InChI is InChI=1S/C22H38BN5O7/c1-14(25-18(32)33-19(2,3)4)16(29)28-12-15(11-22(13-28,17(30)31)26-27-24)9-10-23-34-20(5,6)21(7,8)35-23/h14-15H,9-13H2,1-8H3,(H,25,32)(H,30,31)/t14-,15+,22+/m0/s1. The molecule has 2 fully saturated rings. The van der Waals surface area contributed by atoms with Gasteiger partial charge in [-0.1, -0.05) is 11.5 Å². The van der Waals surface area contributed by atoms with E-state index in [0.717, 1.165) is 0 Å². The van der Waals surface area contributed by atoms with Crippen molar-refractivity contribution in [3.8, 4) is 0 Å². The van der Waals surface area contributed by atoms with Crippen molar-refractivity contribution in [2.75, 3.05) is 13.1 Å². The third kappa shape index (κ3) is 7.02. The van der Waals surface area contributed by atoms with Gasteiger partial charge in [-0.05, 0) is 79.6 Å². The Morgan fingerprint density at radius 2 is 1.83 bits per heavy atom. The number of hydrogen-bond donors (Lipinski definition) is 2. The second kappa shape index (κ2) is 10.2. The zero-order valence-corrected chi connectivity index (χ0v) is 22.0. The fourth-order valence-corrected chi connectivity index (χ4v) is 4.29. The third-order valence-electron chi connectivity index (χ3n) is 6.72. The number of rotatable bonds is 7. The normalized spacial score (nSPS) is 26.5. The van der Waals surface area contributed by atoms with Crippen LogP contribution in [0.5, 0.6) is 0 Å². The quantitative estimate of drug-likeness (QED) is 0.237. The lowest BCUT2D eigenvalue weighted by Gasteiger charge is -2.42. The molecule has 0 aliphatic carbocycles. The van der Waals surface area contributed by atoms with E-state index in [2.05, 4.69) is 15.3 Å². The minimum Gasteiger partial charge on any atom is -0.481 e. The maximum absolute atomic E-state index is 13.2. The van der Waals surface area contributed by atoms with Crippen LogP contribution >= 0.6 is 0 Å². The average Bonchev–Trinajstić information content (AvgIpc) is 2.90. The van der Waals surface area contributed by atoms with Crippen molar-refractivity contribution in [3.63, 3.8) is 0 Å². The molecule has 3 atom stereocenters. The highest BCUT2D eigenvalue weighted by Crippen LogP contribution is 2.39. The summed E-state index contributed by atoms with van der Waals surface area (Å²) < 4.78 is 17.3. The summed E-state index contributed by atoms with van der Waals surface area (Å²) in [7, 11) is -0.475. The predicted octanol–water partition coefficient (Wildman–Crippen LogP) is 3.36. The monoisotopic (exact) mass is 495 g/mol. The molecule has 0 spiro atoms. The second-order valence-corrected chi connectivity index (χ2v) is 11.4. The minimum atomic E-state index is -1.81. The van der Waals surface area contributed by atoms with Crippen LogP contribution in [0.15, 0.2) is 5.11 Å². The van der Waals surface area contributed by atoms with E-state index in [-0.39, 0.29) is 25.4 Å². The fraction of sp³-hybridized carbons (Fsp3) is 0.864. The summed E-state index contributed by atoms with van der Waals surface area (Å²) in [5, 5.41) is 16.0. The SMILES string of the molecule is C[C@H](NC(=O)OC(C)(C)C)C(=O)N1C[C@H](CCB2OC(C)(C)C(C)(C)O2)C[C@](N=[N+]=[N-])(C(=O)O)C1. The van der Waals surface area contributed by atoms with E-state index in [1.54, 1.807) is 20.8 Å². The van der Waals surface area contributed by atoms with Gasteiger partial charge in [-0.3, -0.25) is 9.59 Å². The number of carboxylic acid groups (broad SMARTS) is 1. The third-order valence-corrected chi connectivity index (χ3v) is 6.72. The summed E-state index contributed by atoms with van der Waals surface area (Å²) in [6.07, 6.45) is 0.290. The number of alkyl carbamates (subject to hydrolysis) is 1. The van der Waals surface area contributed by atoms with Gasteiger partial charge in [0.05, 0.1) is 11.2 Å². The number of nitrogens with one attached hydrogen (secondary N) is 1. The van der Waals surface area contributed by atoms with E-state index in [1.807, 2.05) is 27.7 Å². The smallest absolute Gasteiger partial charge is 0.457 e. The Balaban J connectivity index is 2.16. The number of carbonyl (C=O) groups excluding carboxylic acids is 2. The number of likely N-dealkylation sites (tertiary alicyclic amines) is 1. The molecule has 2 rings (SSSR count). The van der Waals surface area contributed by atoms with E-state index >= 15 is 0 Å². The van der Waals surface area contributed by atoms with E-state index in [9.17, 15) is 19.5 Å². The molecule has 2 aliphatic heterocycles. The molecule has 35 heavy (non-hydrogen) atoms. The van der Waals surface area contributed by atoms with E-state index in [4.69, 9.17) is 19.6 Å². The molecule has 2 heterocycles. The number of hydrogen-bond acceptors (Lipinski definition) is 7. The number of piperidine rings is 1. The van der Waals surface area contributed by atoms with Crippen molar-refractivity contribution >= 4 is 25.1 Å². The number of azide groups is 1. The maximum atomic E-state index is 13.2. The van der Waals surface area contributed by atoms with E-state index in [0.29, 0.717) is 12.7 Å². The first kappa shape index (κ1) is 28.7. The zero-order chi connectivity index (χ0) is 26.8. The number of carboxylic acids is 1. The molecule has 0 aromatic carbocycles. The van der Waals surface area contributed by atoms with Crippen LogP contribution in [0.3, 0.4) is 0 Å². The molecule has 2 N–H and O–H groups in total. The summed E-state index contributed by atoms with van der Waals surface area (Å²) in [6.45, 7) is 14.4. The molecule has 0 radical (unpaired) electrons. The Kier molecular flexibility index (Phi) is 8.41. The maximum Gasteiger partial charge on any atom is 0.457 e. The van der Waals surface area contributed by atoms with Gasteiger partial charge in [0.15, 0.2) is 5.54 Å². The Morgan fingerprint density at radius 3 is 2.31 bits per heavy atom. The molecule has 12 nitrogen and oxygen atoms in total. The molecule has 0 aromatic rings. The van der Waals surface area contributed by atoms with Gasteiger partial charge in [-0.25, -0.2) is 4.79 Å². The topological polar surface area (TPSA) is 163 Å². The molecule has 0 aromatic heterocycles. The Morgan fingerprint density at radius 1 is 1.26 bits per heavy atom. The highest BCUT2D eigenvalue weighted by Gasteiger charge is 2.52. The molecule has 2 saturated heterocycles. The summed E-state index contributed by atoms with van der Waals surface area (Å²) in [5.41, 5.74) is 5.54. The van der Waals surface area contributed by atoms with Gasteiger partial charge in [-0.2, -0.15) is 0 Å². The Hall–Kier alpha value is -2.50. The van der Waals surface area contributed by atoms with Crippen LogP contribution in [-0.4, -0.2) is 76.6 Å². The number of carbonyl (C=O) groups is 3. The molecule has 13 heteroatoms. The lowest BCUT2D eigenvalue weighted by atomic mass is 9.74. The number of aliphatic carboxylic acids is 1. The summed E-state index contributed by atoms with van der Waals surface area (Å²) >= 11 is 0. The van der Waals surface area contributed by atoms with Crippen LogP contribution in [0.1, 0.15) is 68.2 Å². The van der Waals surface area contributed by atoms with Crippen LogP contribution in [0.2, 0.25) is 6.32 Å². The Labute approximate surface area is 206 Å². The van der Waals surface area contributed by atoms with Gasteiger partial charge in [-0.15, -0.1) is 0 Å². The second-order valence-electron chi connectivity index (χ2n) is 11.4.